The summed E-state index contributed by atoms with van der Waals surface area (Å²) >= 11 is 0. The molecule has 0 atom stereocenters. The number of hydrogen-bond acceptors (Lipinski definition) is 5. The minimum Gasteiger partial charge on any atom is -0.490 e. The number of pyridine rings is 1. The highest BCUT2D eigenvalue weighted by Gasteiger charge is 2.14. The minimum atomic E-state index is -0.491. The molecular formula is C24H26FN3O3. The maximum atomic E-state index is 13.9. The van der Waals surface area contributed by atoms with Crippen LogP contribution in [0.4, 0.5) is 15.9 Å². The zero-order chi connectivity index (χ0) is 22.1. The fraction of sp³-hybridized carbons (Fsp3) is 0.250. The normalized spacial score (nSPS) is 10.4. The standard InChI is InChI=1S/C24H26FN3O3/c1-3-30-21-12-11-17(16-22(21)31-4-2)13-15-27-23-18(8-7-14-26-23)24(29)28-20-10-6-5-9-19(20)25/h5-12,14,16H,3-4,13,15H2,1-2H3,(H,26,27)(H,28,29). The highest BCUT2D eigenvalue weighted by molar-refractivity contribution is 6.07. The van der Waals surface area contributed by atoms with Crippen LogP contribution in [0.5, 0.6) is 11.5 Å². The summed E-state index contributed by atoms with van der Waals surface area (Å²) in [6.45, 7) is 5.53. The van der Waals surface area contributed by atoms with Crippen molar-refractivity contribution < 1.29 is 18.7 Å². The number of hydrogen-bond donors (Lipinski definition) is 2. The molecule has 1 amide bonds. The van der Waals surface area contributed by atoms with Crippen molar-refractivity contribution in [2.45, 2.75) is 20.3 Å². The van der Waals surface area contributed by atoms with E-state index in [2.05, 4.69) is 15.6 Å². The summed E-state index contributed by atoms with van der Waals surface area (Å²) in [6.07, 6.45) is 2.30. The van der Waals surface area contributed by atoms with Crippen LogP contribution in [0.1, 0.15) is 29.8 Å². The van der Waals surface area contributed by atoms with Crippen LogP contribution < -0.4 is 20.1 Å². The summed E-state index contributed by atoms with van der Waals surface area (Å²) in [5.74, 6) is 0.949. The van der Waals surface area contributed by atoms with E-state index in [4.69, 9.17) is 9.47 Å². The molecule has 0 saturated carbocycles. The predicted molar refractivity (Wildman–Crippen MR) is 120 cm³/mol. The Bertz CT molecular complexity index is 1030. The van der Waals surface area contributed by atoms with Gasteiger partial charge in [0, 0.05) is 12.7 Å². The number of nitrogens with one attached hydrogen (secondary N) is 2. The molecule has 2 aromatic carbocycles. The van der Waals surface area contributed by atoms with E-state index >= 15 is 0 Å². The van der Waals surface area contributed by atoms with Crippen LogP contribution in [0.2, 0.25) is 0 Å². The number of ether oxygens (including phenoxy) is 2. The number of aromatic nitrogens is 1. The molecule has 2 N–H and O–H groups in total. The molecule has 1 aromatic heterocycles. The van der Waals surface area contributed by atoms with Crippen molar-refractivity contribution in [3.05, 3.63) is 77.7 Å². The van der Waals surface area contributed by atoms with E-state index in [9.17, 15) is 9.18 Å². The lowest BCUT2D eigenvalue weighted by Gasteiger charge is -2.14. The molecule has 7 heteroatoms. The molecular weight excluding hydrogens is 397 g/mol. The summed E-state index contributed by atoms with van der Waals surface area (Å²) in [6, 6.07) is 15.2. The summed E-state index contributed by atoms with van der Waals surface area (Å²) in [4.78, 5) is 16.9. The van der Waals surface area contributed by atoms with E-state index in [0.29, 0.717) is 43.3 Å². The Kier molecular flexibility index (Phi) is 7.81. The minimum absolute atomic E-state index is 0.125. The maximum Gasteiger partial charge on any atom is 0.259 e. The lowest BCUT2D eigenvalue weighted by Crippen LogP contribution is -2.17. The first-order valence-electron chi connectivity index (χ1n) is 10.3. The number of rotatable bonds is 10. The summed E-state index contributed by atoms with van der Waals surface area (Å²) in [5.41, 5.74) is 1.53. The van der Waals surface area contributed by atoms with Gasteiger partial charge in [0.15, 0.2) is 11.5 Å². The first-order chi connectivity index (χ1) is 15.1. The van der Waals surface area contributed by atoms with Gasteiger partial charge in [-0.15, -0.1) is 0 Å². The number of benzene rings is 2. The van der Waals surface area contributed by atoms with Gasteiger partial charge in [-0.3, -0.25) is 4.79 Å². The second kappa shape index (κ2) is 11.0. The summed E-state index contributed by atoms with van der Waals surface area (Å²) in [5, 5.41) is 5.79. The predicted octanol–water partition coefficient (Wildman–Crippen LogP) is 4.93. The number of halogens is 1. The molecule has 0 bridgehead atoms. The number of nitrogens with zero attached hydrogens (tertiary/aromatic N) is 1. The molecule has 0 aliphatic heterocycles. The smallest absolute Gasteiger partial charge is 0.259 e. The number of carbonyl (C=O) groups excluding carboxylic acids is 1. The first-order valence-corrected chi connectivity index (χ1v) is 10.3. The topological polar surface area (TPSA) is 72.5 Å². The van der Waals surface area contributed by atoms with Crippen LogP contribution in [0.3, 0.4) is 0 Å². The van der Waals surface area contributed by atoms with Gasteiger partial charge in [-0.2, -0.15) is 0 Å². The molecule has 0 saturated heterocycles. The Balaban J connectivity index is 1.66. The monoisotopic (exact) mass is 423 g/mol. The highest BCUT2D eigenvalue weighted by atomic mass is 19.1. The van der Waals surface area contributed by atoms with E-state index in [-0.39, 0.29) is 5.69 Å². The van der Waals surface area contributed by atoms with Gasteiger partial charge in [-0.05, 0) is 62.2 Å². The van der Waals surface area contributed by atoms with E-state index < -0.39 is 11.7 Å². The molecule has 0 aliphatic rings. The number of para-hydroxylation sites is 1. The van der Waals surface area contributed by atoms with Gasteiger partial charge in [0.25, 0.3) is 5.91 Å². The number of amides is 1. The van der Waals surface area contributed by atoms with Crippen molar-refractivity contribution in [3.63, 3.8) is 0 Å². The first kappa shape index (κ1) is 22.1. The van der Waals surface area contributed by atoms with Crippen molar-refractivity contribution in [1.82, 2.24) is 4.98 Å². The molecule has 1 heterocycles. The maximum absolute atomic E-state index is 13.9. The molecule has 0 radical (unpaired) electrons. The molecule has 6 nitrogen and oxygen atoms in total. The van der Waals surface area contributed by atoms with Crippen LogP contribution in [0.25, 0.3) is 0 Å². The third-order valence-corrected chi connectivity index (χ3v) is 4.49. The second-order valence-electron chi connectivity index (χ2n) is 6.66. The zero-order valence-electron chi connectivity index (χ0n) is 17.7. The Morgan fingerprint density at radius 1 is 1.00 bits per heavy atom. The van der Waals surface area contributed by atoms with Crippen LogP contribution in [-0.4, -0.2) is 30.6 Å². The van der Waals surface area contributed by atoms with Gasteiger partial charge >= 0.3 is 0 Å². The lowest BCUT2D eigenvalue weighted by atomic mass is 10.1. The largest absolute Gasteiger partial charge is 0.490 e. The fourth-order valence-electron chi connectivity index (χ4n) is 3.06. The van der Waals surface area contributed by atoms with Crippen LogP contribution in [-0.2, 0) is 6.42 Å². The van der Waals surface area contributed by atoms with Gasteiger partial charge in [0.1, 0.15) is 11.6 Å². The van der Waals surface area contributed by atoms with Crippen molar-refractivity contribution >= 4 is 17.4 Å². The average Bonchev–Trinajstić information content (AvgIpc) is 2.77. The fourth-order valence-corrected chi connectivity index (χ4v) is 3.06. The zero-order valence-corrected chi connectivity index (χ0v) is 17.7. The lowest BCUT2D eigenvalue weighted by molar-refractivity contribution is 0.102. The number of anilines is 2. The molecule has 162 valence electrons. The van der Waals surface area contributed by atoms with Crippen LogP contribution in [0, 0.1) is 5.82 Å². The molecule has 0 fully saturated rings. The van der Waals surface area contributed by atoms with E-state index in [0.717, 1.165) is 11.3 Å². The third kappa shape index (κ3) is 5.94. The van der Waals surface area contributed by atoms with Crippen LogP contribution >= 0.6 is 0 Å². The Morgan fingerprint density at radius 2 is 1.77 bits per heavy atom. The highest BCUT2D eigenvalue weighted by Crippen LogP contribution is 2.28. The molecule has 0 aliphatic carbocycles. The van der Waals surface area contributed by atoms with Gasteiger partial charge in [0.2, 0.25) is 0 Å². The van der Waals surface area contributed by atoms with Gasteiger partial charge < -0.3 is 20.1 Å². The van der Waals surface area contributed by atoms with Crippen molar-refractivity contribution in [3.8, 4) is 11.5 Å². The molecule has 31 heavy (non-hydrogen) atoms. The number of carbonyl (C=O) groups is 1. The summed E-state index contributed by atoms with van der Waals surface area (Å²) < 4.78 is 25.1. The van der Waals surface area contributed by atoms with Crippen molar-refractivity contribution in [2.75, 3.05) is 30.4 Å². The van der Waals surface area contributed by atoms with Gasteiger partial charge in [-0.1, -0.05) is 18.2 Å². The Labute approximate surface area is 181 Å². The Morgan fingerprint density at radius 3 is 2.55 bits per heavy atom. The third-order valence-electron chi connectivity index (χ3n) is 4.49. The molecule has 3 aromatic rings. The Hall–Kier alpha value is -3.61. The van der Waals surface area contributed by atoms with E-state index in [1.54, 1.807) is 30.5 Å². The van der Waals surface area contributed by atoms with Gasteiger partial charge in [-0.25, -0.2) is 9.37 Å². The molecule has 0 spiro atoms. The average molecular weight is 423 g/mol. The van der Waals surface area contributed by atoms with Crippen molar-refractivity contribution in [2.24, 2.45) is 0 Å². The summed E-state index contributed by atoms with van der Waals surface area (Å²) in [7, 11) is 0. The van der Waals surface area contributed by atoms with Gasteiger partial charge in [0.05, 0.1) is 24.5 Å². The quantitative estimate of drug-likeness (QED) is 0.484. The molecule has 3 rings (SSSR count). The SMILES string of the molecule is CCOc1ccc(CCNc2ncccc2C(=O)Nc2ccccc2F)cc1OCC. The van der Waals surface area contributed by atoms with Crippen LogP contribution in [0.15, 0.2) is 60.8 Å². The van der Waals surface area contributed by atoms with E-state index in [1.807, 2.05) is 32.0 Å². The van der Waals surface area contributed by atoms with Crippen molar-refractivity contribution in [1.29, 1.82) is 0 Å². The molecule has 0 unspecified atom stereocenters. The van der Waals surface area contributed by atoms with E-state index in [1.165, 1.54) is 12.1 Å². The second-order valence-corrected chi connectivity index (χ2v) is 6.66.